The van der Waals surface area contributed by atoms with Crippen molar-refractivity contribution in [3.63, 3.8) is 0 Å². The van der Waals surface area contributed by atoms with Gasteiger partial charge >= 0.3 is 0 Å². The third-order valence-corrected chi connectivity index (χ3v) is 5.24. The lowest BCUT2D eigenvalue weighted by molar-refractivity contribution is -0.140. The first kappa shape index (κ1) is 21.2. The normalized spacial score (nSPS) is 17.6. The number of ketones is 1. The van der Waals surface area contributed by atoms with Crippen LogP contribution in [0, 0.1) is 5.82 Å². The summed E-state index contributed by atoms with van der Waals surface area (Å²) in [6.45, 7) is 2.47. The maximum atomic E-state index is 13.6. The van der Waals surface area contributed by atoms with Crippen LogP contribution in [0.25, 0.3) is 5.76 Å². The SMILES string of the molecule is CCOc1ccc(/C(O)=C2/C(=O)C(=O)N(Cc3cccnc3)C2c2ccc(F)cc2)cc1. The molecule has 0 spiro atoms. The van der Waals surface area contributed by atoms with E-state index in [0.29, 0.717) is 23.5 Å². The molecule has 0 bridgehead atoms. The van der Waals surface area contributed by atoms with E-state index in [2.05, 4.69) is 4.98 Å². The molecule has 1 unspecified atom stereocenters. The Bertz CT molecular complexity index is 1160. The Hall–Kier alpha value is -4.00. The Morgan fingerprint density at radius 1 is 1.09 bits per heavy atom. The monoisotopic (exact) mass is 432 g/mol. The molecule has 2 aromatic carbocycles. The number of pyridine rings is 1. The molecule has 6 nitrogen and oxygen atoms in total. The molecule has 0 radical (unpaired) electrons. The Morgan fingerprint density at radius 2 is 1.81 bits per heavy atom. The molecule has 1 aliphatic rings. The maximum Gasteiger partial charge on any atom is 0.295 e. The summed E-state index contributed by atoms with van der Waals surface area (Å²) in [4.78, 5) is 31.4. The standard InChI is InChI=1S/C25H21FN2O4/c1-2-32-20-11-7-18(8-12-20)23(29)21-22(17-5-9-19(26)10-6-17)28(25(31)24(21)30)15-16-4-3-13-27-14-16/h3-14,22,29H,2,15H2,1H3/b23-21-. The van der Waals surface area contributed by atoms with Crippen LogP contribution in [0.15, 0.2) is 78.6 Å². The van der Waals surface area contributed by atoms with Crippen LogP contribution in [-0.2, 0) is 16.1 Å². The smallest absolute Gasteiger partial charge is 0.295 e. The largest absolute Gasteiger partial charge is 0.507 e. The van der Waals surface area contributed by atoms with E-state index >= 15 is 0 Å². The predicted molar refractivity (Wildman–Crippen MR) is 116 cm³/mol. The van der Waals surface area contributed by atoms with E-state index in [4.69, 9.17) is 4.74 Å². The number of nitrogens with zero attached hydrogens (tertiary/aromatic N) is 2. The molecule has 1 amide bonds. The number of likely N-dealkylation sites (tertiary alicyclic amines) is 1. The summed E-state index contributed by atoms with van der Waals surface area (Å²) < 4.78 is 19.0. The van der Waals surface area contributed by atoms with Gasteiger partial charge in [0.1, 0.15) is 17.3 Å². The van der Waals surface area contributed by atoms with E-state index in [-0.39, 0.29) is 17.9 Å². The first-order chi connectivity index (χ1) is 15.5. The minimum absolute atomic E-state index is 0.0466. The lowest BCUT2D eigenvalue weighted by Crippen LogP contribution is -2.29. The Kier molecular flexibility index (Phi) is 5.98. The van der Waals surface area contributed by atoms with Gasteiger partial charge in [-0.25, -0.2) is 4.39 Å². The van der Waals surface area contributed by atoms with Gasteiger partial charge in [-0.1, -0.05) is 18.2 Å². The second kappa shape index (κ2) is 9.01. The van der Waals surface area contributed by atoms with Crippen molar-refractivity contribution in [1.29, 1.82) is 0 Å². The van der Waals surface area contributed by atoms with Gasteiger partial charge in [0, 0.05) is 24.5 Å². The topological polar surface area (TPSA) is 79.7 Å². The highest BCUT2D eigenvalue weighted by molar-refractivity contribution is 6.46. The molecule has 4 rings (SSSR count). The highest BCUT2D eigenvalue weighted by Gasteiger charge is 2.46. The molecule has 2 heterocycles. The van der Waals surface area contributed by atoms with Gasteiger partial charge in [-0.2, -0.15) is 0 Å². The van der Waals surface area contributed by atoms with Crippen LogP contribution in [0.3, 0.4) is 0 Å². The van der Waals surface area contributed by atoms with E-state index in [9.17, 15) is 19.1 Å². The number of aliphatic hydroxyl groups excluding tert-OH is 1. The van der Waals surface area contributed by atoms with E-state index < -0.39 is 23.5 Å². The molecule has 0 aliphatic carbocycles. The average molecular weight is 432 g/mol. The fourth-order valence-electron chi connectivity index (χ4n) is 3.75. The summed E-state index contributed by atoms with van der Waals surface area (Å²) in [5.74, 6) is -1.65. The molecule has 1 N–H and O–H groups in total. The minimum atomic E-state index is -0.873. The molecule has 0 saturated carbocycles. The molecule has 3 aromatic rings. The second-order valence-electron chi connectivity index (χ2n) is 7.30. The minimum Gasteiger partial charge on any atom is -0.507 e. The van der Waals surface area contributed by atoms with Gasteiger partial charge in [0.05, 0.1) is 18.2 Å². The van der Waals surface area contributed by atoms with Crippen molar-refractivity contribution in [3.8, 4) is 5.75 Å². The zero-order valence-corrected chi connectivity index (χ0v) is 17.4. The van der Waals surface area contributed by atoms with Crippen molar-refractivity contribution in [2.45, 2.75) is 19.5 Å². The number of carbonyl (C=O) groups is 2. The van der Waals surface area contributed by atoms with Gasteiger partial charge in [-0.3, -0.25) is 14.6 Å². The molecule has 1 fully saturated rings. The number of hydrogen-bond donors (Lipinski definition) is 1. The molecular weight excluding hydrogens is 411 g/mol. The number of amides is 1. The highest BCUT2D eigenvalue weighted by atomic mass is 19.1. The number of aliphatic hydroxyl groups is 1. The fraction of sp³-hybridized carbons (Fsp3) is 0.160. The second-order valence-corrected chi connectivity index (χ2v) is 7.30. The summed E-state index contributed by atoms with van der Waals surface area (Å²) in [5.41, 5.74) is 1.57. The van der Waals surface area contributed by atoms with Crippen LogP contribution < -0.4 is 4.74 Å². The van der Waals surface area contributed by atoms with Crippen LogP contribution in [0.2, 0.25) is 0 Å². The van der Waals surface area contributed by atoms with Crippen LogP contribution in [-0.4, -0.2) is 33.3 Å². The number of carbonyl (C=O) groups excluding carboxylic acids is 2. The third kappa shape index (κ3) is 4.09. The number of rotatable bonds is 6. The van der Waals surface area contributed by atoms with Crippen LogP contribution in [0.4, 0.5) is 4.39 Å². The third-order valence-electron chi connectivity index (χ3n) is 5.24. The highest BCUT2D eigenvalue weighted by Crippen LogP contribution is 2.40. The fourth-order valence-corrected chi connectivity index (χ4v) is 3.75. The van der Waals surface area contributed by atoms with Crippen LogP contribution in [0.1, 0.15) is 29.7 Å². The van der Waals surface area contributed by atoms with Crippen LogP contribution in [0.5, 0.6) is 5.75 Å². The zero-order chi connectivity index (χ0) is 22.7. The number of ether oxygens (including phenoxy) is 1. The van der Waals surface area contributed by atoms with Crippen molar-refractivity contribution in [3.05, 3.63) is 101 Å². The first-order valence-electron chi connectivity index (χ1n) is 10.2. The van der Waals surface area contributed by atoms with Crippen molar-refractivity contribution in [2.24, 2.45) is 0 Å². The van der Waals surface area contributed by atoms with Gasteiger partial charge in [-0.15, -0.1) is 0 Å². The van der Waals surface area contributed by atoms with Crippen molar-refractivity contribution in [2.75, 3.05) is 6.61 Å². The summed E-state index contributed by atoms with van der Waals surface area (Å²) in [6, 6.07) is 14.8. The summed E-state index contributed by atoms with van der Waals surface area (Å²) in [7, 11) is 0. The number of benzene rings is 2. The molecule has 1 saturated heterocycles. The van der Waals surface area contributed by atoms with Gasteiger partial charge in [0.15, 0.2) is 0 Å². The van der Waals surface area contributed by atoms with E-state index in [1.165, 1.54) is 29.2 Å². The van der Waals surface area contributed by atoms with Crippen molar-refractivity contribution in [1.82, 2.24) is 9.88 Å². The van der Waals surface area contributed by atoms with Gasteiger partial charge in [-0.05, 0) is 60.5 Å². The molecule has 1 atom stereocenters. The van der Waals surface area contributed by atoms with Crippen molar-refractivity contribution < 1.29 is 23.8 Å². The number of halogens is 1. The Morgan fingerprint density at radius 3 is 2.44 bits per heavy atom. The van der Waals surface area contributed by atoms with E-state index in [0.717, 1.165) is 5.56 Å². The average Bonchev–Trinajstić information content (AvgIpc) is 3.05. The van der Waals surface area contributed by atoms with Gasteiger partial charge in [0.25, 0.3) is 11.7 Å². The first-order valence-corrected chi connectivity index (χ1v) is 10.2. The Labute approximate surface area is 184 Å². The number of aromatic nitrogens is 1. The summed E-state index contributed by atoms with van der Waals surface area (Å²) >= 11 is 0. The van der Waals surface area contributed by atoms with Gasteiger partial charge in [0.2, 0.25) is 0 Å². The molecule has 1 aromatic heterocycles. The van der Waals surface area contributed by atoms with Crippen molar-refractivity contribution >= 4 is 17.4 Å². The lowest BCUT2D eigenvalue weighted by Gasteiger charge is -2.25. The molecule has 7 heteroatoms. The number of Topliss-reactive ketones (excluding diaryl/α,β-unsaturated/α-hetero) is 1. The summed E-state index contributed by atoms with van der Waals surface area (Å²) in [6.07, 6.45) is 3.22. The van der Waals surface area contributed by atoms with Crippen LogP contribution >= 0.6 is 0 Å². The Balaban J connectivity index is 1.81. The van der Waals surface area contributed by atoms with E-state index in [1.807, 2.05) is 6.92 Å². The van der Waals surface area contributed by atoms with E-state index in [1.54, 1.807) is 48.8 Å². The lowest BCUT2D eigenvalue weighted by atomic mass is 9.95. The molecule has 1 aliphatic heterocycles. The number of hydrogen-bond acceptors (Lipinski definition) is 5. The zero-order valence-electron chi connectivity index (χ0n) is 17.4. The van der Waals surface area contributed by atoms with Gasteiger partial charge < -0.3 is 14.7 Å². The quantitative estimate of drug-likeness (QED) is 0.358. The molecule has 32 heavy (non-hydrogen) atoms. The molecular formula is C25H21FN2O4. The summed E-state index contributed by atoms with van der Waals surface area (Å²) in [5, 5.41) is 11.1. The molecule has 162 valence electrons. The predicted octanol–water partition coefficient (Wildman–Crippen LogP) is 4.24. The maximum absolute atomic E-state index is 13.6.